The van der Waals surface area contributed by atoms with Crippen LogP contribution in [0, 0.1) is 6.92 Å². The molecule has 1 fully saturated rings. The van der Waals surface area contributed by atoms with Crippen LogP contribution in [-0.4, -0.2) is 55.4 Å². The number of aryl methyl sites for hydroxylation is 3. The molecule has 0 saturated carbocycles. The van der Waals surface area contributed by atoms with Gasteiger partial charge in [-0.1, -0.05) is 11.6 Å². The molecule has 9 heteroatoms. The number of halogens is 1. The molecule has 0 spiro atoms. The summed E-state index contributed by atoms with van der Waals surface area (Å²) in [7, 11) is 3.60. The van der Waals surface area contributed by atoms with E-state index in [1.54, 1.807) is 33.6 Å². The van der Waals surface area contributed by atoms with Gasteiger partial charge in [-0.05, 0) is 26.8 Å². The molecule has 0 bridgehead atoms. The standard InChI is InChI=1S/C17H24ClN5O3/c1-11-6-14(20-22(11)5)16(24)23(7-12-10-25-17(2,3)26-12)9-15-13(18)8-21(4)19-15/h6,8,12H,7,9-10H2,1-5H3/t12-/m0/s1. The summed E-state index contributed by atoms with van der Waals surface area (Å²) in [5, 5.41) is 9.16. The van der Waals surface area contributed by atoms with Crippen molar-refractivity contribution in [1.82, 2.24) is 24.5 Å². The van der Waals surface area contributed by atoms with Gasteiger partial charge < -0.3 is 14.4 Å². The van der Waals surface area contributed by atoms with Gasteiger partial charge in [0, 0.05) is 26.0 Å². The predicted molar refractivity (Wildman–Crippen MR) is 95.8 cm³/mol. The van der Waals surface area contributed by atoms with Crippen LogP contribution in [0.15, 0.2) is 12.3 Å². The molecule has 0 N–H and O–H groups in total. The smallest absolute Gasteiger partial charge is 0.274 e. The Morgan fingerprint density at radius 1 is 1.42 bits per heavy atom. The van der Waals surface area contributed by atoms with Crippen LogP contribution in [0.25, 0.3) is 0 Å². The van der Waals surface area contributed by atoms with Crippen LogP contribution in [0.2, 0.25) is 5.02 Å². The Labute approximate surface area is 157 Å². The fourth-order valence-electron chi connectivity index (χ4n) is 2.94. The van der Waals surface area contributed by atoms with Gasteiger partial charge in [-0.25, -0.2) is 0 Å². The molecule has 1 atom stereocenters. The zero-order chi connectivity index (χ0) is 19.1. The summed E-state index contributed by atoms with van der Waals surface area (Å²) in [5.41, 5.74) is 1.93. The average Bonchev–Trinajstić information content (AvgIpc) is 3.16. The minimum atomic E-state index is -0.649. The monoisotopic (exact) mass is 381 g/mol. The number of amides is 1. The first-order chi connectivity index (χ1) is 12.1. The Bertz CT molecular complexity index is 794. The van der Waals surface area contributed by atoms with Crippen LogP contribution < -0.4 is 0 Å². The average molecular weight is 382 g/mol. The maximum atomic E-state index is 13.1. The number of rotatable bonds is 5. The largest absolute Gasteiger partial charge is 0.348 e. The van der Waals surface area contributed by atoms with Gasteiger partial charge in [0.25, 0.3) is 5.91 Å². The molecule has 3 rings (SSSR count). The van der Waals surface area contributed by atoms with E-state index in [9.17, 15) is 4.79 Å². The van der Waals surface area contributed by atoms with Crippen molar-refractivity contribution < 1.29 is 14.3 Å². The Morgan fingerprint density at radius 3 is 2.65 bits per heavy atom. The molecule has 1 aliphatic heterocycles. The van der Waals surface area contributed by atoms with Gasteiger partial charge in [0.05, 0.1) is 24.7 Å². The molecular formula is C17H24ClN5O3. The quantitative estimate of drug-likeness (QED) is 0.790. The molecule has 1 amide bonds. The Balaban J connectivity index is 1.83. The molecule has 0 unspecified atom stereocenters. The van der Waals surface area contributed by atoms with Gasteiger partial charge in [-0.15, -0.1) is 0 Å². The molecule has 0 aliphatic carbocycles. The third-order valence-electron chi connectivity index (χ3n) is 4.31. The second kappa shape index (κ2) is 7.02. The zero-order valence-electron chi connectivity index (χ0n) is 15.7. The summed E-state index contributed by atoms with van der Waals surface area (Å²) in [6.07, 6.45) is 1.49. The molecule has 1 saturated heterocycles. The molecule has 2 aromatic rings. The van der Waals surface area contributed by atoms with E-state index in [1.165, 1.54) is 0 Å². The van der Waals surface area contributed by atoms with Gasteiger partial charge in [0.1, 0.15) is 11.8 Å². The molecule has 0 radical (unpaired) electrons. The zero-order valence-corrected chi connectivity index (χ0v) is 16.4. The predicted octanol–water partition coefficient (Wildman–Crippen LogP) is 1.91. The summed E-state index contributed by atoms with van der Waals surface area (Å²) in [6.45, 7) is 6.68. The summed E-state index contributed by atoms with van der Waals surface area (Å²) in [6, 6.07) is 1.77. The van der Waals surface area contributed by atoms with E-state index in [-0.39, 0.29) is 18.6 Å². The van der Waals surface area contributed by atoms with Gasteiger partial charge in [-0.3, -0.25) is 14.2 Å². The number of nitrogens with zero attached hydrogens (tertiary/aromatic N) is 5. The van der Waals surface area contributed by atoms with E-state index >= 15 is 0 Å². The highest BCUT2D eigenvalue weighted by molar-refractivity contribution is 6.31. The molecule has 1 aliphatic rings. The second-order valence-electron chi connectivity index (χ2n) is 7.03. The lowest BCUT2D eigenvalue weighted by molar-refractivity contribution is -0.139. The molecule has 142 valence electrons. The van der Waals surface area contributed by atoms with Gasteiger partial charge in [0.15, 0.2) is 11.5 Å². The first kappa shape index (κ1) is 18.9. The molecule has 3 heterocycles. The Morgan fingerprint density at radius 2 is 2.15 bits per heavy atom. The van der Waals surface area contributed by atoms with E-state index in [4.69, 9.17) is 21.1 Å². The number of hydrogen-bond donors (Lipinski definition) is 0. The molecule has 26 heavy (non-hydrogen) atoms. The first-order valence-electron chi connectivity index (χ1n) is 8.44. The number of aromatic nitrogens is 4. The Kier molecular flexibility index (Phi) is 5.09. The normalized spacial score (nSPS) is 19.1. The van der Waals surface area contributed by atoms with Crippen LogP contribution >= 0.6 is 11.6 Å². The molecule has 2 aromatic heterocycles. The van der Waals surface area contributed by atoms with Crippen molar-refractivity contribution in [3.8, 4) is 0 Å². The summed E-state index contributed by atoms with van der Waals surface area (Å²) < 4.78 is 14.8. The summed E-state index contributed by atoms with van der Waals surface area (Å²) in [4.78, 5) is 14.7. The van der Waals surface area contributed by atoms with Crippen molar-refractivity contribution in [1.29, 1.82) is 0 Å². The van der Waals surface area contributed by atoms with Crippen LogP contribution in [0.3, 0.4) is 0 Å². The van der Waals surface area contributed by atoms with E-state index in [0.29, 0.717) is 29.6 Å². The lowest BCUT2D eigenvalue weighted by atomic mass is 10.2. The summed E-state index contributed by atoms with van der Waals surface area (Å²) in [5.74, 6) is -0.840. The highest BCUT2D eigenvalue weighted by Gasteiger charge is 2.35. The molecule has 0 aromatic carbocycles. The van der Waals surface area contributed by atoms with Crippen molar-refractivity contribution in [3.63, 3.8) is 0 Å². The second-order valence-corrected chi connectivity index (χ2v) is 7.44. The van der Waals surface area contributed by atoms with Crippen LogP contribution in [0.1, 0.15) is 35.7 Å². The van der Waals surface area contributed by atoms with Crippen molar-refractivity contribution in [2.75, 3.05) is 13.2 Å². The lowest BCUT2D eigenvalue weighted by Gasteiger charge is -2.25. The van der Waals surface area contributed by atoms with E-state index in [1.807, 2.05) is 27.8 Å². The number of ether oxygens (including phenoxy) is 2. The third kappa shape index (κ3) is 4.08. The first-order valence-corrected chi connectivity index (χ1v) is 8.82. The highest BCUT2D eigenvalue weighted by Crippen LogP contribution is 2.24. The summed E-state index contributed by atoms with van der Waals surface area (Å²) >= 11 is 6.23. The SMILES string of the molecule is Cc1cc(C(=O)N(Cc2nn(C)cc2Cl)C[C@H]2COC(C)(C)O2)nn1C. The van der Waals surface area contributed by atoms with Crippen molar-refractivity contribution in [2.45, 2.75) is 39.2 Å². The van der Waals surface area contributed by atoms with E-state index in [2.05, 4.69) is 10.2 Å². The maximum Gasteiger partial charge on any atom is 0.274 e. The number of carbonyl (C=O) groups excluding carboxylic acids is 1. The van der Waals surface area contributed by atoms with Gasteiger partial charge in [-0.2, -0.15) is 10.2 Å². The lowest BCUT2D eigenvalue weighted by Crippen LogP contribution is -2.39. The van der Waals surface area contributed by atoms with Gasteiger partial charge >= 0.3 is 0 Å². The Hall–Kier alpha value is -1.90. The van der Waals surface area contributed by atoms with Crippen LogP contribution in [0.5, 0.6) is 0 Å². The number of carbonyl (C=O) groups is 1. The van der Waals surface area contributed by atoms with Crippen molar-refractivity contribution in [3.05, 3.63) is 34.4 Å². The minimum absolute atomic E-state index is 0.191. The minimum Gasteiger partial charge on any atom is -0.348 e. The topological polar surface area (TPSA) is 74.4 Å². The van der Waals surface area contributed by atoms with E-state index < -0.39 is 5.79 Å². The van der Waals surface area contributed by atoms with Crippen LogP contribution in [-0.2, 0) is 30.1 Å². The maximum absolute atomic E-state index is 13.1. The number of hydrogen-bond acceptors (Lipinski definition) is 5. The van der Waals surface area contributed by atoms with Crippen LogP contribution in [0.4, 0.5) is 0 Å². The highest BCUT2D eigenvalue weighted by atomic mass is 35.5. The molecule has 8 nitrogen and oxygen atoms in total. The van der Waals surface area contributed by atoms with Crippen molar-refractivity contribution >= 4 is 17.5 Å². The van der Waals surface area contributed by atoms with Gasteiger partial charge in [0.2, 0.25) is 0 Å². The fourth-order valence-corrected chi connectivity index (χ4v) is 3.18. The fraction of sp³-hybridized carbons (Fsp3) is 0.588. The van der Waals surface area contributed by atoms with Crippen molar-refractivity contribution in [2.24, 2.45) is 14.1 Å². The van der Waals surface area contributed by atoms with E-state index in [0.717, 1.165) is 5.69 Å². The third-order valence-corrected chi connectivity index (χ3v) is 4.62. The molecular weight excluding hydrogens is 358 g/mol.